The summed E-state index contributed by atoms with van der Waals surface area (Å²) in [6.45, 7) is 2.07. The van der Waals surface area contributed by atoms with E-state index in [1.807, 2.05) is 6.92 Å². The van der Waals surface area contributed by atoms with Crippen molar-refractivity contribution >= 4 is 17.6 Å². The molecule has 0 bridgehead atoms. The first kappa shape index (κ1) is 20.2. The number of amides is 1. The Morgan fingerprint density at radius 3 is 2.00 bits per heavy atom. The number of ether oxygens (including phenoxy) is 2. The van der Waals surface area contributed by atoms with Crippen molar-refractivity contribution in [2.24, 2.45) is 0 Å². The van der Waals surface area contributed by atoms with Crippen LogP contribution in [-0.2, 0) is 4.74 Å². The fraction of sp³-hybridized carbons (Fsp3) is 0.222. The Morgan fingerprint density at radius 1 is 0.963 bits per heavy atom. The van der Waals surface area contributed by atoms with Crippen molar-refractivity contribution < 1.29 is 36.6 Å². The van der Waals surface area contributed by atoms with E-state index in [0.29, 0.717) is 6.42 Å². The van der Waals surface area contributed by atoms with E-state index in [4.69, 9.17) is 4.74 Å². The van der Waals surface area contributed by atoms with Crippen LogP contribution in [0, 0.1) is 23.3 Å². The molecule has 0 aliphatic rings. The molecule has 0 spiro atoms. The van der Waals surface area contributed by atoms with Gasteiger partial charge in [0, 0.05) is 5.69 Å². The molecule has 2 aromatic carbocycles. The van der Waals surface area contributed by atoms with E-state index in [0.717, 1.165) is 7.11 Å². The molecule has 0 heterocycles. The number of halogens is 4. The molecule has 0 fully saturated rings. The normalized spacial score (nSPS) is 10.4. The van der Waals surface area contributed by atoms with Crippen molar-refractivity contribution in [2.75, 3.05) is 19.0 Å². The van der Waals surface area contributed by atoms with Crippen molar-refractivity contribution in [1.82, 2.24) is 0 Å². The van der Waals surface area contributed by atoms with Gasteiger partial charge in [-0.15, -0.1) is 0 Å². The van der Waals surface area contributed by atoms with E-state index in [2.05, 4.69) is 10.1 Å². The van der Waals surface area contributed by atoms with E-state index in [1.54, 1.807) is 0 Å². The van der Waals surface area contributed by atoms with Crippen LogP contribution < -0.4 is 10.1 Å². The highest BCUT2D eigenvalue weighted by Gasteiger charge is 2.30. The standard InChI is InChI=1S/C18H15F4NO4/c1-3-8-27-18(25)9-4-6-10(7-5-9)23-17(24)11-12(19)14(21)16(26-2)15(22)13(11)20/h4-7H,3,8H2,1-2H3,(H,23,24). The molecule has 144 valence electrons. The Bertz CT molecular complexity index is 840. The summed E-state index contributed by atoms with van der Waals surface area (Å²) in [5, 5.41) is 2.10. The maximum Gasteiger partial charge on any atom is 0.338 e. The third-order valence-electron chi connectivity index (χ3n) is 3.47. The maximum absolute atomic E-state index is 13.9. The minimum atomic E-state index is -1.89. The molecule has 0 unspecified atom stereocenters. The summed E-state index contributed by atoms with van der Waals surface area (Å²) in [6.07, 6.45) is 0.645. The van der Waals surface area contributed by atoms with E-state index >= 15 is 0 Å². The zero-order chi connectivity index (χ0) is 20.1. The first-order chi connectivity index (χ1) is 12.8. The Hall–Kier alpha value is -3.10. The van der Waals surface area contributed by atoms with Crippen LogP contribution in [0.3, 0.4) is 0 Å². The highest BCUT2D eigenvalue weighted by molar-refractivity contribution is 6.05. The molecule has 1 N–H and O–H groups in total. The van der Waals surface area contributed by atoms with Gasteiger partial charge in [0.25, 0.3) is 5.91 Å². The van der Waals surface area contributed by atoms with Gasteiger partial charge in [-0.25, -0.2) is 13.6 Å². The fourth-order valence-corrected chi connectivity index (χ4v) is 2.15. The number of nitrogens with one attached hydrogen (secondary N) is 1. The summed E-state index contributed by atoms with van der Waals surface area (Å²) in [7, 11) is 0.827. The zero-order valence-corrected chi connectivity index (χ0v) is 14.4. The minimum absolute atomic E-state index is 0.0440. The van der Waals surface area contributed by atoms with Gasteiger partial charge in [-0.2, -0.15) is 8.78 Å². The average molecular weight is 385 g/mol. The second-order valence-corrected chi connectivity index (χ2v) is 5.33. The molecule has 0 saturated carbocycles. The molecular formula is C18H15F4NO4. The lowest BCUT2D eigenvalue weighted by atomic mass is 10.1. The summed E-state index contributed by atoms with van der Waals surface area (Å²) < 4.78 is 64.5. The highest BCUT2D eigenvalue weighted by atomic mass is 19.2. The molecular weight excluding hydrogens is 370 g/mol. The number of rotatable bonds is 6. The van der Waals surface area contributed by atoms with Crippen molar-refractivity contribution in [3.8, 4) is 5.75 Å². The molecule has 2 aromatic rings. The van der Waals surface area contributed by atoms with Gasteiger partial charge in [0.2, 0.25) is 11.6 Å². The number of hydrogen-bond acceptors (Lipinski definition) is 4. The second kappa shape index (κ2) is 8.52. The van der Waals surface area contributed by atoms with Crippen LogP contribution in [0.5, 0.6) is 5.75 Å². The van der Waals surface area contributed by atoms with Crippen molar-refractivity contribution in [3.05, 3.63) is 58.7 Å². The Kier molecular flexibility index (Phi) is 6.38. The first-order valence-corrected chi connectivity index (χ1v) is 7.80. The lowest BCUT2D eigenvalue weighted by Crippen LogP contribution is -2.19. The summed E-state index contributed by atoms with van der Waals surface area (Å²) in [5.74, 6) is -10.7. The minimum Gasteiger partial charge on any atom is -0.491 e. The largest absolute Gasteiger partial charge is 0.491 e. The fourth-order valence-electron chi connectivity index (χ4n) is 2.15. The number of hydrogen-bond donors (Lipinski definition) is 1. The summed E-state index contributed by atoms with van der Waals surface area (Å²) in [5.41, 5.74) is -1.19. The summed E-state index contributed by atoms with van der Waals surface area (Å²) >= 11 is 0. The Balaban J connectivity index is 2.24. The van der Waals surface area contributed by atoms with Crippen LogP contribution in [0.25, 0.3) is 0 Å². The highest BCUT2D eigenvalue weighted by Crippen LogP contribution is 2.30. The molecule has 1 amide bonds. The van der Waals surface area contributed by atoms with Gasteiger partial charge >= 0.3 is 5.97 Å². The number of anilines is 1. The van der Waals surface area contributed by atoms with Crippen molar-refractivity contribution in [1.29, 1.82) is 0 Å². The average Bonchev–Trinajstić information content (AvgIpc) is 2.65. The van der Waals surface area contributed by atoms with Crippen LogP contribution in [-0.4, -0.2) is 25.6 Å². The van der Waals surface area contributed by atoms with Gasteiger partial charge in [-0.3, -0.25) is 4.79 Å². The van der Waals surface area contributed by atoms with Gasteiger partial charge in [-0.1, -0.05) is 6.92 Å². The number of benzene rings is 2. The van der Waals surface area contributed by atoms with Crippen LogP contribution in [0.15, 0.2) is 24.3 Å². The Morgan fingerprint density at radius 2 is 1.52 bits per heavy atom. The van der Waals surface area contributed by atoms with Crippen LogP contribution in [0.4, 0.5) is 23.2 Å². The van der Waals surface area contributed by atoms with E-state index < -0.39 is 46.5 Å². The quantitative estimate of drug-likeness (QED) is 0.463. The topological polar surface area (TPSA) is 64.6 Å². The predicted octanol–water partition coefficient (Wildman–Crippen LogP) is 4.07. The van der Waals surface area contributed by atoms with Crippen molar-refractivity contribution in [3.63, 3.8) is 0 Å². The van der Waals surface area contributed by atoms with E-state index in [9.17, 15) is 27.2 Å². The van der Waals surface area contributed by atoms with Crippen LogP contribution >= 0.6 is 0 Å². The summed E-state index contributed by atoms with van der Waals surface area (Å²) in [4.78, 5) is 23.7. The lowest BCUT2D eigenvalue weighted by molar-refractivity contribution is 0.0505. The molecule has 0 aliphatic carbocycles. The van der Waals surface area contributed by atoms with Crippen LogP contribution in [0.1, 0.15) is 34.1 Å². The van der Waals surface area contributed by atoms with Gasteiger partial charge in [0.15, 0.2) is 17.4 Å². The molecule has 27 heavy (non-hydrogen) atoms. The first-order valence-electron chi connectivity index (χ1n) is 7.80. The van der Waals surface area contributed by atoms with Gasteiger partial charge in [0.05, 0.1) is 19.3 Å². The Labute approximate surface area is 151 Å². The number of esters is 1. The van der Waals surface area contributed by atoms with E-state index in [1.165, 1.54) is 24.3 Å². The SMILES string of the molecule is CCCOC(=O)c1ccc(NC(=O)c2c(F)c(F)c(OC)c(F)c2F)cc1. The number of carbonyl (C=O) groups is 2. The smallest absolute Gasteiger partial charge is 0.338 e. The zero-order valence-electron chi connectivity index (χ0n) is 14.4. The molecule has 0 saturated heterocycles. The van der Waals surface area contributed by atoms with Gasteiger partial charge in [0.1, 0.15) is 5.56 Å². The number of methoxy groups -OCH3 is 1. The van der Waals surface area contributed by atoms with Gasteiger partial charge < -0.3 is 14.8 Å². The molecule has 0 atom stereocenters. The second-order valence-electron chi connectivity index (χ2n) is 5.33. The molecule has 2 rings (SSSR count). The molecule has 5 nitrogen and oxygen atoms in total. The van der Waals surface area contributed by atoms with Gasteiger partial charge in [-0.05, 0) is 30.7 Å². The number of carbonyl (C=O) groups excluding carboxylic acids is 2. The van der Waals surface area contributed by atoms with Crippen LogP contribution in [0.2, 0.25) is 0 Å². The van der Waals surface area contributed by atoms with Crippen molar-refractivity contribution in [2.45, 2.75) is 13.3 Å². The molecule has 0 radical (unpaired) electrons. The molecule has 0 aromatic heterocycles. The predicted molar refractivity (Wildman–Crippen MR) is 87.8 cm³/mol. The monoisotopic (exact) mass is 385 g/mol. The summed E-state index contributed by atoms with van der Waals surface area (Å²) in [6, 6.07) is 5.17. The lowest BCUT2D eigenvalue weighted by Gasteiger charge is -2.11. The third kappa shape index (κ3) is 4.18. The van der Waals surface area contributed by atoms with E-state index in [-0.39, 0.29) is 17.9 Å². The molecule has 9 heteroatoms. The maximum atomic E-state index is 13.9. The third-order valence-corrected chi connectivity index (χ3v) is 3.47. The molecule has 0 aliphatic heterocycles.